The highest BCUT2D eigenvalue weighted by atomic mass is 16.5. The van der Waals surface area contributed by atoms with Crippen LogP contribution in [-0.4, -0.2) is 29.9 Å². The Kier molecular flexibility index (Phi) is 6.51. The average Bonchev–Trinajstić information content (AvgIpc) is 3.27. The van der Waals surface area contributed by atoms with E-state index in [-0.39, 0.29) is 5.91 Å². The molecule has 6 nitrogen and oxygen atoms in total. The van der Waals surface area contributed by atoms with Crippen molar-refractivity contribution in [2.24, 2.45) is 0 Å². The molecule has 0 atom stereocenters. The van der Waals surface area contributed by atoms with E-state index in [0.717, 1.165) is 16.7 Å². The summed E-state index contributed by atoms with van der Waals surface area (Å²) >= 11 is 0. The molecule has 0 aliphatic rings. The fourth-order valence-corrected chi connectivity index (χ4v) is 3.52. The number of nitrogens with zero attached hydrogens (tertiary/aromatic N) is 2. The quantitative estimate of drug-likeness (QED) is 0.448. The summed E-state index contributed by atoms with van der Waals surface area (Å²) in [5.41, 5.74) is 4.12. The SMILES string of the molecule is COc1ccc(CNC(=O)c2cn(Cc3ccccc3)nc2-c2ccccc2)cc1OC. The van der Waals surface area contributed by atoms with Gasteiger partial charge in [-0.25, -0.2) is 0 Å². The molecule has 32 heavy (non-hydrogen) atoms. The minimum absolute atomic E-state index is 0.182. The Bertz CT molecular complexity index is 1190. The van der Waals surface area contributed by atoms with Crippen LogP contribution in [0, 0.1) is 0 Å². The molecule has 1 aromatic heterocycles. The zero-order chi connectivity index (χ0) is 22.3. The molecule has 0 unspecified atom stereocenters. The molecule has 0 aliphatic carbocycles. The first-order chi connectivity index (χ1) is 15.7. The normalized spacial score (nSPS) is 10.6. The summed E-state index contributed by atoms with van der Waals surface area (Å²) < 4.78 is 12.4. The summed E-state index contributed by atoms with van der Waals surface area (Å²) in [5, 5.41) is 7.72. The number of ether oxygens (including phenoxy) is 2. The molecule has 0 fully saturated rings. The lowest BCUT2D eigenvalue weighted by Crippen LogP contribution is -2.23. The van der Waals surface area contributed by atoms with E-state index in [1.54, 1.807) is 20.4 Å². The molecule has 4 rings (SSSR count). The van der Waals surface area contributed by atoms with Crippen molar-refractivity contribution in [2.45, 2.75) is 13.1 Å². The van der Waals surface area contributed by atoms with Crippen LogP contribution in [0.1, 0.15) is 21.5 Å². The number of carbonyl (C=O) groups excluding carboxylic acids is 1. The van der Waals surface area contributed by atoms with E-state index in [2.05, 4.69) is 5.32 Å². The van der Waals surface area contributed by atoms with E-state index in [9.17, 15) is 4.79 Å². The van der Waals surface area contributed by atoms with Crippen molar-refractivity contribution in [3.63, 3.8) is 0 Å². The van der Waals surface area contributed by atoms with Gasteiger partial charge in [-0.2, -0.15) is 5.10 Å². The van der Waals surface area contributed by atoms with Crippen LogP contribution >= 0.6 is 0 Å². The second-order valence-corrected chi connectivity index (χ2v) is 7.31. The van der Waals surface area contributed by atoms with Crippen LogP contribution in [0.4, 0.5) is 0 Å². The fourth-order valence-electron chi connectivity index (χ4n) is 3.52. The standard InChI is InChI=1S/C26H25N3O3/c1-31-23-14-13-20(15-24(23)32-2)16-27-26(30)22-18-29(17-19-9-5-3-6-10-19)28-25(22)21-11-7-4-8-12-21/h3-15,18H,16-17H2,1-2H3,(H,27,30). The molecular formula is C26H25N3O3. The van der Waals surface area contributed by atoms with Crippen molar-refractivity contribution in [1.82, 2.24) is 15.1 Å². The molecule has 162 valence electrons. The number of amides is 1. The Balaban J connectivity index is 1.57. The topological polar surface area (TPSA) is 65.4 Å². The minimum Gasteiger partial charge on any atom is -0.493 e. The third-order valence-electron chi connectivity index (χ3n) is 5.14. The number of methoxy groups -OCH3 is 2. The minimum atomic E-state index is -0.182. The van der Waals surface area contributed by atoms with E-state index < -0.39 is 0 Å². The maximum absolute atomic E-state index is 13.1. The Morgan fingerprint density at radius 3 is 2.25 bits per heavy atom. The molecule has 6 heteroatoms. The Labute approximate surface area is 187 Å². The molecule has 0 aliphatic heterocycles. The third kappa shape index (κ3) is 4.81. The first-order valence-electron chi connectivity index (χ1n) is 10.3. The molecule has 1 amide bonds. The number of aromatic nitrogens is 2. The predicted octanol–water partition coefficient (Wildman–Crippen LogP) is 4.55. The smallest absolute Gasteiger partial charge is 0.255 e. The van der Waals surface area contributed by atoms with Gasteiger partial charge in [0.15, 0.2) is 11.5 Å². The van der Waals surface area contributed by atoms with Crippen molar-refractivity contribution in [3.05, 3.63) is 102 Å². The molecule has 0 bridgehead atoms. The molecule has 0 spiro atoms. The van der Waals surface area contributed by atoms with Crippen LogP contribution in [-0.2, 0) is 13.1 Å². The Morgan fingerprint density at radius 2 is 1.56 bits per heavy atom. The fraction of sp³-hybridized carbons (Fsp3) is 0.154. The summed E-state index contributed by atoms with van der Waals surface area (Å²) in [5.74, 6) is 1.09. The monoisotopic (exact) mass is 427 g/mol. The van der Waals surface area contributed by atoms with Crippen LogP contribution in [0.2, 0.25) is 0 Å². The molecular weight excluding hydrogens is 402 g/mol. The molecule has 0 saturated heterocycles. The van der Waals surface area contributed by atoms with Gasteiger partial charge in [-0.05, 0) is 23.3 Å². The van der Waals surface area contributed by atoms with Crippen LogP contribution in [0.25, 0.3) is 11.3 Å². The van der Waals surface area contributed by atoms with Crippen molar-refractivity contribution in [2.75, 3.05) is 14.2 Å². The third-order valence-corrected chi connectivity index (χ3v) is 5.14. The van der Waals surface area contributed by atoms with Gasteiger partial charge in [0.25, 0.3) is 5.91 Å². The van der Waals surface area contributed by atoms with Crippen molar-refractivity contribution < 1.29 is 14.3 Å². The molecule has 0 radical (unpaired) electrons. The molecule has 3 aromatic carbocycles. The first-order valence-corrected chi connectivity index (χ1v) is 10.3. The summed E-state index contributed by atoms with van der Waals surface area (Å²) in [6, 6.07) is 25.4. The van der Waals surface area contributed by atoms with Crippen LogP contribution in [0.3, 0.4) is 0 Å². The van der Waals surface area contributed by atoms with Gasteiger partial charge >= 0.3 is 0 Å². The largest absolute Gasteiger partial charge is 0.493 e. The van der Waals surface area contributed by atoms with Gasteiger partial charge in [-0.3, -0.25) is 9.48 Å². The highest BCUT2D eigenvalue weighted by Crippen LogP contribution is 2.28. The number of hydrogen-bond donors (Lipinski definition) is 1. The maximum atomic E-state index is 13.1. The van der Waals surface area contributed by atoms with Gasteiger partial charge in [0, 0.05) is 18.3 Å². The summed E-state index contributed by atoms with van der Waals surface area (Å²) in [6.07, 6.45) is 1.80. The van der Waals surface area contributed by atoms with Crippen molar-refractivity contribution in [3.8, 4) is 22.8 Å². The first kappa shape index (κ1) is 21.2. The number of rotatable bonds is 8. The summed E-state index contributed by atoms with van der Waals surface area (Å²) in [6.45, 7) is 0.945. The second-order valence-electron chi connectivity index (χ2n) is 7.31. The van der Waals surface area contributed by atoms with Crippen LogP contribution < -0.4 is 14.8 Å². The van der Waals surface area contributed by atoms with Gasteiger partial charge in [0.2, 0.25) is 0 Å². The zero-order valence-electron chi connectivity index (χ0n) is 18.1. The molecule has 0 saturated carbocycles. The predicted molar refractivity (Wildman–Crippen MR) is 124 cm³/mol. The second kappa shape index (κ2) is 9.83. The van der Waals surface area contributed by atoms with Gasteiger partial charge in [-0.15, -0.1) is 0 Å². The lowest BCUT2D eigenvalue weighted by Gasteiger charge is -2.10. The summed E-state index contributed by atoms with van der Waals surface area (Å²) in [4.78, 5) is 13.1. The number of nitrogens with one attached hydrogen (secondary N) is 1. The van der Waals surface area contributed by atoms with Crippen LogP contribution in [0.15, 0.2) is 85.1 Å². The van der Waals surface area contributed by atoms with E-state index >= 15 is 0 Å². The van der Waals surface area contributed by atoms with Gasteiger partial charge in [0.05, 0.1) is 26.3 Å². The van der Waals surface area contributed by atoms with Gasteiger partial charge in [-0.1, -0.05) is 66.7 Å². The lowest BCUT2D eigenvalue weighted by molar-refractivity contribution is 0.0951. The highest BCUT2D eigenvalue weighted by molar-refractivity contribution is 5.99. The van der Waals surface area contributed by atoms with E-state index in [4.69, 9.17) is 14.6 Å². The van der Waals surface area contributed by atoms with Crippen molar-refractivity contribution in [1.29, 1.82) is 0 Å². The Hall–Kier alpha value is -4.06. The van der Waals surface area contributed by atoms with E-state index in [1.807, 2.05) is 83.5 Å². The lowest BCUT2D eigenvalue weighted by atomic mass is 10.1. The van der Waals surface area contributed by atoms with E-state index in [0.29, 0.717) is 35.8 Å². The maximum Gasteiger partial charge on any atom is 0.255 e. The van der Waals surface area contributed by atoms with Gasteiger partial charge in [0.1, 0.15) is 5.69 Å². The Morgan fingerprint density at radius 1 is 0.875 bits per heavy atom. The number of carbonyl (C=O) groups is 1. The zero-order valence-corrected chi connectivity index (χ0v) is 18.1. The highest BCUT2D eigenvalue weighted by Gasteiger charge is 2.18. The van der Waals surface area contributed by atoms with Crippen LogP contribution in [0.5, 0.6) is 11.5 Å². The molecule has 4 aromatic rings. The van der Waals surface area contributed by atoms with Gasteiger partial charge < -0.3 is 14.8 Å². The number of hydrogen-bond acceptors (Lipinski definition) is 4. The van der Waals surface area contributed by atoms with E-state index in [1.165, 1.54) is 0 Å². The average molecular weight is 428 g/mol. The summed E-state index contributed by atoms with van der Waals surface area (Å²) in [7, 11) is 3.19. The molecule has 1 heterocycles. The molecule has 1 N–H and O–H groups in total. The number of benzene rings is 3. The van der Waals surface area contributed by atoms with Crippen molar-refractivity contribution >= 4 is 5.91 Å².